The Labute approximate surface area is 151 Å². The number of benzene rings is 2. The molecular weight excluding hydrogens is 345 g/mol. The Balaban J connectivity index is 1.71. The van der Waals surface area contributed by atoms with E-state index in [0.29, 0.717) is 15.7 Å². The smallest absolute Gasteiger partial charge is 0.347 e. The molecule has 3 rings (SSSR count). The van der Waals surface area contributed by atoms with Gasteiger partial charge in [0, 0.05) is 19.5 Å². The monoisotopic (exact) mass is 361 g/mol. The number of amidine groups is 1. The maximum absolute atomic E-state index is 12.2. The Bertz CT molecular complexity index is 742. The molecule has 0 saturated carbocycles. The maximum Gasteiger partial charge on any atom is 0.347 e. The number of carbonyl (C=O) groups excluding carboxylic acids is 1. The summed E-state index contributed by atoms with van der Waals surface area (Å²) < 4.78 is 0. The van der Waals surface area contributed by atoms with E-state index in [1.807, 2.05) is 18.2 Å². The van der Waals surface area contributed by atoms with E-state index < -0.39 is 6.03 Å². The van der Waals surface area contributed by atoms with E-state index in [1.165, 1.54) is 5.56 Å². The molecule has 1 N–H and O–H groups in total. The van der Waals surface area contributed by atoms with Gasteiger partial charge in [0.1, 0.15) is 5.84 Å². The Morgan fingerprint density at radius 1 is 1.08 bits per heavy atom. The minimum atomic E-state index is -0.458. The molecular formula is C18H17Cl2N3O. The van der Waals surface area contributed by atoms with Crippen LogP contribution in [-0.4, -0.2) is 23.3 Å². The van der Waals surface area contributed by atoms with Crippen molar-refractivity contribution in [2.24, 2.45) is 4.99 Å². The highest BCUT2D eigenvalue weighted by Crippen LogP contribution is 2.30. The SMILES string of the molecule is O=C(/N=C1\CCCN1Cc1ccccc1)Nc1c(Cl)cccc1Cl. The fourth-order valence-corrected chi connectivity index (χ4v) is 3.18. The van der Waals surface area contributed by atoms with Gasteiger partial charge >= 0.3 is 6.03 Å². The molecule has 4 nitrogen and oxygen atoms in total. The predicted octanol–water partition coefficient (Wildman–Crippen LogP) is 5.22. The van der Waals surface area contributed by atoms with Gasteiger partial charge in [0.2, 0.25) is 0 Å². The number of nitrogens with zero attached hydrogens (tertiary/aromatic N) is 2. The molecule has 0 atom stereocenters. The number of amides is 2. The zero-order valence-electron chi connectivity index (χ0n) is 13.0. The number of urea groups is 1. The van der Waals surface area contributed by atoms with Gasteiger partial charge in [-0.05, 0) is 24.1 Å². The second-order valence-electron chi connectivity index (χ2n) is 5.57. The number of carbonyl (C=O) groups is 1. The summed E-state index contributed by atoms with van der Waals surface area (Å²) in [6, 6.07) is 14.8. The van der Waals surface area contributed by atoms with Crippen molar-refractivity contribution in [3.8, 4) is 0 Å². The van der Waals surface area contributed by atoms with E-state index in [9.17, 15) is 4.79 Å². The molecule has 1 fully saturated rings. The molecule has 0 spiro atoms. The van der Waals surface area contributed by atoms with Gasteiger partial charge in [-0.25, -0.2) is 4.79 Å². The normalized spacial score (nSPS) is 15.8. The van der Waals surface area contributed by atoms with Crippen molar-refractivity contribution in [3.05, 3.63) is 64.1 Å². The summed E-state index contributed by atoms with van der Waals surface area (Å²) in [7, 11) is 0. The third-order valence-corrected chi connectivity index (χ3v) is 4.46. The first-order valence-corrected chi connectivity index (χ1v) is 8.50. The highest BCUT2D eigenvalue weighted by molar-refractivity contribution is 6.39. The Hall–Kier alpha value is -2.04. The average Bonchev–Trinajstić information content (AvgIpc) is 2.99. The Kier molecular flexibility index (Phi) is 5.38. The first-order chi connectivity index (χ1) is 11.6. The highest BCUT2D eigenvalue weighted by atomic mass is 35.5. The van der Waals surface area contributed by atoms with Crippen LogP contribution in [0.5, 0.6) is 0 Å². The molecule has 0 aliphatic carbocycles. The largest absolute Gasteiger partial charge is 0.356 e. The van der Waals surface area contributed by atoms with Crippen molar-refractivity contribution in [1.29, 1.82) is 0 Å². The number of anilines is 1. The second kappa shape index (κ2) is 7.69. The fraction of sp³-hybridized carbons (Fsp3) is 0.222. The number of hydrogen-bond acceptors (Lipinski definition) is 1. The lowest BCUT2D eigenvalue weighted by molar-refractivity contribution is 0.259. The van der Waals surface area contributed by atoms with Gasteiger partial charge < -0.3 is 10.2 Å². The van der Waals surface area contributed by atoms with E-state index in [0.717, 1.165) is 31.8 Å². The predicted molar refractivity (Wildman–Crippen MR) is 99.0 cm³/mol. The number of hydrogen-bond donors (Lipinski definition) is 1. The van der Waals surface area contributed by atoms with Gasteiger partial charge in [0.05, 0.1) is 15.7 Å². The summed E-state index contributed by atoms with van der Waals surface area (Å²) in [5.41, 5.74) is 1.59. The topological polar surface area (TPSA) is 44.7 Å². The van der Waals surface area contributed by atoms with Gasteiger partial charge in [0.15, 0.2) is 0 Å². The zero-order chi connectivity index (χ0) is 16.9. The van der Waals surface area contributed by atoms with E-state index in [4.69, 9.17) is 23.2 Å². The number of aliphatic imine (C=N–C) groups is 1. The molecule has 1 saturated heterocycles. The van der Waals surface area contributed by atoms with Crippen LogP contribution in [0.3, 0.4) is 0 Å². The third-order valence-electron chi connectivity index (χ3n) is 3.83. The van der Waals surface area contributed by atoms with Crippen LogP contribution in [0.4, 0.5) is 10.5 Å². The molecule has 0 bridgehead atoms. The Morgan fingerprint density at radius 2 is 1.79 bits per heavy atom. The van der Waals surface area contributed by atoms with Crippen LogP contribution in [0.25, 0.3) is 0 Å². The lowest BCUT2D eigenvalue weighted by Crippen LogP contribution is -2.26. The molecule has 2 amide bonds. The molecule has 2 aromatic rings. The molecule has 6 heteroatoms. The van der Waals surface area contributed by atoms with E-state index >= 15 is 0 Å². The van der Waals surface area contributed by atoms with Crippen LogP contribution in [0, 0.1) is 0 Å². The second-order valence-corrected chi connectivity index (χ2v) is 6.38. The lowest BCUT2D eigenvalue weighted by atomic mass is 10.2. The molecule has 1 aliphatic rings. The first-order valence-electron chi connectivity index (χ1n) is 7.75. The van der Waals surface area contributed by atoms with Gasteiger partial charge in [-0.3, -0.25) is 0 Å². The molecule has 24 heavy (non-hydrogen) atoms. The van der Waals surface area contributed by atoms with Gasteiger partial charge in [-0.1, -0.05) is 59.6 Å². The van der Waals surface area contributed by atoms with Crippen molar-refractivity contribution in [1.82, 2.24) is 4.90 Å². The average molecular weight is 362 g/mol. The van der Waals surface area contributed by atoms with Crippen LogP contribution in [0.15, 0.2) is 53.5 Å². The number of para-hydroxylation sites is 1. The van der Waals surface area contributed by atoms with Crippen molar-refractivity contribution < 1.29 is 4.79 Å². The number of halogens is 2. The summed E-state index contributed by atoms with van der Waals surface area (Å²) in [6.45, 7) is 1.65. The lowest BCUT2D eigenvalue weighted by Gasteiger charge is -2.18. The number of rotatable bonds is 3. The van der Waals surface area contributed by atoms with Crippen molar-refractivity contribution in [2.45, 2.75) is 19.4 Å². The van der Waals surface area contributed by atoms with Crippen LogP contribution < -0.4 is 5.32 Å². The van der Waals surface area contributed by atoms with Gasteiger partial charge in [0.25, 0.3) is 0 Å². The van der Waals surface area contributed by atoms with Crippen molar-refractivity contribution in [2.75, 3.05) is 11.9 Å². The summed E-state index contributed by atoms with van der Waals surface area (Å²) >= 11 is 12.1. The Morgan fingerprint density at radius 3 is 2.50 bits per heavy atom. The molecule has 2 aromatic carbocycles. The zero-order valence-corrected chi connectivity index (χ0v) is 14.5. The third kappa shape index (κ3) is 4.08. The number of likely N-dealkylation sites (tertiary alicyclic amines) is 1. The number of nitrogens with one attached hydrogen (secondary N) is 1. The summed E-state index contributed by atoms with van der Waals surface area (Å²) in [5, 5.41) is 3.46. The van der Waals surface area contributed by atoms with Crippen molar-refractivity contribution >= 4 is 40.8 Å². The van der Waals surface area contributed by atoms with E-state index in [1.54, 1.807) is 18.2 Å². The summed E-state index contributed by atoms with van der Waals surface area (Å²) in [4.78, 5) is 18.6. The van der Waals surface area contributed by atoms with Crippen LogP contribution in [-0.2, 0) is 6.54 Å². The quantitative estimate of drug-likeness (QED) is 0.814. The van der Waals surface area contributed by atoms with Crippen molar-refractivity contribution in [3.63, 3.8) is 0 Å². The minimum absolute atomic E-state index is 0.391. The van der Waals surface area contributed by atoms with Crippen LogP contribution >= 0.6 is 23.2 Å². The van der Waals surface area contributed by atoms with E-state index in [-0.39, 0.29) is 0 Å². The molecule has 0 aromatic heterocycles. The maximum atomic E-state index is 12.2. The van der Waals surface area contributed by atoms with E-state index in [2.05, 4.69) is 27.3 Å². The minimum Gasteiger partial charge on any atom is -0.356 e. The standard InChI is InChI=1S/C18H17Cl2N3O/c19-14-8-4-9-15(20)17(14)22-18(24)21-16-10-5-11-23(16)12-13-6-2-1-3-7-13/h1-4,6-9H,5,10-12H2,(H,22,24)/b21-16+. The van der Waals surface area contributed by atoms with Crippen LogP contribution in [0.1, 0.15) is 18.4 Å². The molecule has 0 radical (unpaired) electrons. The fourth-order valence-electron chi connectivity index (χ4n) is 2.69. The molecule has 1 aliphatic heterocycles. The van der Waals surface area contributed by atoms with Gasteiger partial charge in [-0.2, -0.15) is 4.99 Å². The summed E-state index contributed by atoms with van der Waals surface area (Å²) in [6.07, 6.45) is 1.78. The summed E-state index contributed by atoms with van der Waals surface area (Å²) in [5.74, 6) is 0.791. The molecule has 1 heterocycles. The first kappa shape index (κ1) is 16.8. The highest BCUT2D eigenvalue weighted by Gasteiger charge is 2.20. The molecule has 0 unspecified atom stereocenters. The molecule has 124 valence electrons. The van der Waals surface area contributed by atoms with Crippen LogP contribution in [0.2, 0.25) is 10.0 Å². The van der Waals surface area contributed by atoms with Gasteiger partial charge in [-0.15, -0.1) is 0 Å².